The summed E-state index contributed by atoms with van der Waals surface area (Å²) in [5.74, 6) is -0.354. The normalized spacial score (nSPS) is 16.7. The highest BCUT2D eigenvalue weighted by Gasteiger charge is 2.28. The van der Waals surface area contributed by atoms with Crippen LogP contribution in [0.25, 0.3) is 0 Å². The van der Waals surface area contributed by atoms with Crippen molar-refractivity contribution in [2.75, 3.05) is 0 Å². The smallest absolute Gasteiger partial charge is 0.329 e. The van der Waals surface area contributed by atoms with Crippen LogP contribution in [-0.2, 0) is 20.7 Å². The molecule has 1 saturated carbocycles. The van der Waals surface area contributed by atoms with E-state index in [9.17, 15) is 9.59 Å². The molecule has 24 heavy (non-hydrogen) atoms. The lowest BCUT2D eigenvalue weighted by Crippen LogP contribution is -2.46. The van der Waals surface area contributed by atoms with E-state index in [0.29, 0.717) is 6.42 Å². The standard InChI is InChI=1S/C19H26BrNO3/c1-13(2)24-19(23)17(12-14-8-10-16(20)11-9-14)21-18(22)15-6-4-3-5-7-15/h8-11,13,15,17H,3-7,12H2,1-2H3,(H,21,22). The minimum Gasteiger partial charge on any atom is -0.461 e. The molecule has 0 radical (unpaired) electrons. The van der Waals surface area contributed by atoms with E-state index in [4.69, 9.17) is 4.74 Å². The van der Waals surface area contributed by atoms with E-state index in [2.05, 4.69) is 21.2 Å². The van der Waals surface area contributed by atoms with Crippen molar-refractivity contribution in [2.45, 2.75) is 64.5 Å². The van der Waals surface area contributed by atoms with Crippen LogP contribution in [0.5, 0.6) is 0 Å². The molecule has 0 saturated heterocycles. The van der Waals surface area contributed by atoms with Gasteiger partial charge < -0.3 is 10.1 Å². The van der Waals surface area contributed by atoms with Crippen LogP contribution < -0.4 is 5.32 Å². The molecule has 1 N–H and O–H groups in total. The van der Waals surface area contributed by atoms with Gasteiger partial charge in [0, 0.05) is 16.8 Å². The summed E-state index contributed by atoms with van der Waals surface area (Å²) in [5, 5.41) is 2.93. The summed E-state index contributed by atoms with van der Waals surface area (Å²) in [6.07, 6.45) is 5.44. The lowest BCUT2D eigenvalue weighted by Gasteiger charge is -2.25. The first-order chi connectivity index (χ1) is 11.5. The summed E-state index contributed by atoms with van der Waals surface area (Å²) in [6, 6.07) is 7.13. The zero-order valence-corrected chi connectivity index (χ0v) is 16.0. The van der Waals surface area contributed by atoms with Crippen LogP contribution in [0.3, 0.4) is 0 Å². The van der Waals surface area contributed by atoms with Crippen LogP contribution >= 0.6 is 15.9 Å². The molecule has 0 aromatic heterocycles. The average molecular weight is 396 g/mol. The second-order valence-electron chi connectivity index (χ2n) is 6.71. The Morgan fingerprint density at radius 1 is 1.17 bits per heavy atom. The number of esters is 1. The number of rotatable bonds is 6. The Morgan fingerprint density at radius 2 is 1.79 bits per heavy atom. The van der Waals surface area contributed by atoms with Crippen molar-refractivity contribution >= 4 is 27.8 Å². The Kier molecular flexibility index (Phi) is 7.28. The SMILES string of the molecule is CC(C)OC(=O)C(Cc1ccc(Br)cc1)NC(=O)C1CCCCC1. The van der Waals surface area contributed by atoms with E-state index in [-0.39, 0.29) is 23.9 Å². The lowest BCUT2D eigenvalue weighted by molar-refractivity contribution is -0.151. The van der Waals surface area contributed by atoms with E-state index in [0.717, 1.165) is 35.7 Å². The molecule has 0 spiro atoms. The fraction of sp³-hybridized carbons (Fsp3) is 0.579. The van der Waals surface area contributed by atoms with E-state index in [1.54, 1.807) is 0 Å². The Morgan fingerprint density at radius 3 is 2.38 bits per heavy atom. The second-order valence-corrected chi connectivity index (χ2v) is 7.63. The largest absolute Gasteiger partial charge is 0.461 e. The molecular weight excluding hydrogens is 370 g/mol. The number of carbonyl (C=O) groups excluding carboxylic acids is 2. The molecule has 4 nitrogen and oxygen atoms in total. The van der Waals surface area contributed by atoms with E-state index >= 15 is 0 Å². The summed E-state index contributed by atoms with van der Waals surface area (Å²) in [7, 11) is 0. The molecule has 1 unspecified atom stereocenters. The van der Waals surface area contributed by atoms with Crippen molar-refractivity contribution in [3.8, 4) is 0 Å². The number of hydrogen-bond donors (Lipinski definition) is 1. The number of nitrogens with one attached hydrogen (secondary N) is 1. The highest BCUT2D eigenvalue weighted by Crippen LogP contribution is 2.24. The number of halogens is 1. The van der Waals surface area contributed by atoms with Gasteiger partial charge in [0.25, 0.3) is 0 Å². The summed E-state index contributed by atoms with van der Waals surface area (Å²) in [6.45, 7) is 3.63. The first-order valence-electron chi connectivity index (χ1n) is 8.71. The van der Waals surface area contributed by atoms with Crippen LogP contribution in [0.15, 0.2) is 28.7 Å². The molecular formula is C19H26BrNO3. The fourth-order valence-electron chi connectivity index (χ4n) is 3.02. The zero-order valence-electron chi connectivity index (χ0n) is 14.4. The molecule has 1 aliphatic rings. The maximum Gasteiger partial charge on any atom is 0.329 e. The number of carbonyl (C=O) groups is 2. The van der Waals surface area contributed by atoms with Crippen molar-refractivity contribution in [2.24, 2.45) is 5.92 Å². The van der Waals surface area contributed by atoms with Crippen LogP contribution in [0, 0.1) is 5.92 Å². The van der Waals surface area contributed by atoms with Gasteiger partial charge in [-0.1, -0.05) is 47.3 Å². The van der Waals surface area contributed by atoms with E-state index in [1.807, 2.05) is 38.1 Å². The van der Waals surface area contributed by atoms with Gasteiger partial charge in [0.2, 0.25) is 5.91 Å². The summed E-state index contributed by atoms with van der Waals surface area (Å²) >= 11 is 3.40. The number of ether oxygens (including phenoxy) is 1. The lowest BCUT2D eigenvalue weighted by atomic mass is 9.88. The number of benzene rings is 1. The third-order valence-corrected chi connectivity index (χ3v) is 4.81. The van der Waals surface area contributed by atoms with Gasteiger partial charge >= 0.3 is 5.97 Å². The van der Waals surface area contributed by atoms with Crippen LogP contribution in [0.2, 0.25) is 0 Å². The van der Waals surface area contributed by atoms with Gasteiger partial charge in [-0.15, -0.1) is 0 Å². The third-order valence-electron chi connectivity index (χ3n) is 4.28. The Bertz CT molecular complexity index is 550. The van der Waals surface area contributed by atoms with Gasteiger partial charge in [-0.25, -0.2) is 4.79 Å². The highest BCUT2D eigenvalue weighted by atomic mass is 79.9. The highest BCUT2D eigenvalue weighted by molar-refractivity contribution is 9.10. The van der Waals surface area contributed by atoms with E-state index in [1.165, 1.54) is 6.42 Å². The quantitative estimate of drug-likeness (QED) is 0.740. The predicted octanol–water partition coefficient (Wildman–Crippen LogP) is 4.01. The van der Waals surface area contributed by atoms with Crippen LogP contribution in [0.4, 0.5) is 0 Å². The summed E-state index contributed by atoms with van der Waals surface area (Å²) in [4.78, 5) is 24.9. The fourth-order valence-corrected chi connectivity index (χ4v) is 3.28. The van der Waals surface area contributed by atoms with Crippen LogP contribution in [0.1, 0.15) is 51.5 Å². The minimum absolute atomic E-state index is 0.0162. The van der Waals surface area contributed by atoms with Gasteiger partial charge in [0.1, 0.15) is 6.04 Å². The molecule has 1 aromatic rings. The molecule has 1 amide bonds. The van der Waals surface area contributed by atoms with E-state index < -0.39 is 6.04 Å². The molecule has 0 bridgehead atoms. The average Bonchev–Trinajstić information content (AvgIpc) is 2.56. The zero-order chi connectivity index (χ0) is 17.5. The number of amides is 1. The first-order valence-corrected chi connectivity index (χ1v) is 9.50. The van der Waals surface area contributed by atoms with Crippen molar-refractivity contribution < 1.29 is 14.3 Å². The van der Waals surface area contributed by atoms with Crippen molar-refractivity contribution in [3.63, 3.8) is 0 Å². The van der Waals surface area contributed by atoms with Crippen molar-refractivity contribution in [3.05, 3.63) is 34.3 Å². The molecule has 1 atom stereocenters. The Hall–Kier alpha value is -1.36. The molecule has 2 rings (SSSR count). The molecule has 1 aliphatic carbocycles. The van der Waals surface area contributed by atoms with Crippen molar-refractivity contribution in [1.82, 2.24) is 5.32 Å². The number of hydrogen-bond acceptors (Lipinski definition) is 3. The monoisotopic (exact) mass is 395 g/mol. The van der Waals surface area contributed by atoms with Crippen LogP contribution in [-0.4, -0.2) is 24.0 Å². The maximum absolute atomic E-state index is 12.5. The summed E-state index contributed by atoms with van der Waals surface area (Å²) < 4.78 is 6.32. The topological polar surface area (TPSA) is 55.4 Å². The van der Waals surface area contributed by atoms with Gasteiger partial charge in [-0.3, -0.25) is 4.79 Å². The minimum atomic E-state index is -0.636. The molecule has 0 aliphatic heterocycles. The Balaban J connectivity index is 2.05. The van der Waals surface area contributed by atoms with Gasteiger partial charge in [0.15, 0.2) is 0 Å². The molecule has 1 fully saturated rings. The molecule has 5 heteroatoms. The van der Waals surface area contributed by atoms with Gasteiger partial charge in [0.05, 0.1) is 6.10 Å². The van der Waals surface area contributed by atoms with Crippen molar-refractivity contribution in [1.29, 1.82) is 0 Å². The molecule has 1 aromatic carbocycles. The second kappa shape index (κ2) is 9.21. The molecule has 0 heterocycles. The third kappa shape index (κ3) is 5.93. The van der Waals surface area contributed by atoms with Gasteiger partial charge in [-0.2, -0.15) is 0 Å². The van der Waals surface area contributed by atoms with Gasteiger partial charge in [-0.05, 0) is 44.4 Å². The Labute approximate surface area is 152 Å². The predicted molar refractivity (Wildman–Crippen MR) is 97.6 cm³/mol. The maximum atomic E-state index is 12.5. The summed E-state index contributed by atoms with van der Waals surface area (Å²) in [5.41, 5.74) is 0.993. The first kappa shape index (κ1) is 19.0. The molecule has 132 valence electrons.